The molecule has 92 valence electrons. The van der Waals surface area contributed by atoms with Crippen LogP contribution in [0.3, 0.4) is 0 Å². The average Bonchev–Trinajstić information content (AvgIpc) is 2.64. The summed E-state index contributed by atoms with van der Waals surface area (Å²) in [7, 11) is -3.64. The first-order valence-corrected chi connectivity index (χ1v) is 6.73. The van der Waals surface area contributed by atoms with E-state index in [2.05, 4.69) is 4.72 Å². The van der Waals surface area contributed by atoms with Crippen LogP contribution in [0.25, 0.3) is 0 Å². The Morgan fingerprint density at radius 2 is 1.94 bits per heavy atom. The second kappa shape index (κ2) is 4.46. The summed E-state index contributed by atoms with van der Waals surface area (Å²) in [6.07, 6.45) is 0.379. The van der Waals surface area contributed by atoms with Crippen molar-refractivity contribution in [3.8, 4) is 0 Å². The van der Waals surface area contributed by atoms with E-state index in [0.717, 1.165) is 5.56 Å². The molecule has 1 N–H and O–H groups in total. The third-order valence-corrected chi connectivity index (χ3v) is 4.05. The molecule has 0 unspecified atom stereocenters. The lowest BCUT2D eigenvalue weighted by Gasteiger charge is -2.09. The SMILES string of the molecule is Cc1ccc(S(=O)(=O)N[C@H]2CCOC2=O)cc1. The number of benzene rings is 1. The normalized spacial score (nSPS) is 20.3. The Labute approximate surface area is 99.8 Å². The van der Waals surface area contributed by atoms with E-state index in [9.17, 15) is 13.2 Å². The maximum Gasteiger partial charge on any atom is 0.324 e. The highest BCUT2D eigenvalue weighted by Gasteiger charge is 2.31. The van der Waals surface area contributed by atoms with Crippen LogP contribution >= 0.6 is 0 Å². The van der Waals surface area contributed by atoms with Crippen LogP contribution in [0.1, 0.15) is 12.0 Å². The van der Waals surface area contributed by atoms with Crippen molar-refractivity contribution < 1.29 is 17.9 Å². The van der Waals surface area contributed by atoms with Gasteiger partial charge in [-0.25, -0.2) is 8.42 Å². The number of ether oxygens (including phenoxy) is 1. The molecular formula is C11H13NO4S. The van der Waals surface area contributed by atoms with Crippen molar-refractivity contribution in [1.82, 2.24) is 4.72 Å². The molecule has 1 saturated heterocycles. The molecule has 1 aromatic rings. The van der Waals surface area contributed by atoms with Gasteiger partial charge in [0.1, 0.15) is 6.04 Å². The fourth-order valence-corrected chi connectivity index (χ4v) is 2.79. The van der Waals surface area contributed by atoms with Gasteiger partial charge >= 0.3 is 5.97 Å². The Kier molecular flexibility index (Phi) is 3.17. The molecule has 2 rings (SSSR count). The number of carbonyl (C=O) groups excluding carboxylic acids is 1. The molecule has 1 atom stereocenters. The van der Waals surface area contributed by atoms with Gasteiger partial charge in [0.05, 0.1) is 11.5 Å². The Morgan fingerprint density at radius 3 is 2.47 bits per heavy atom. The molecule has 0 spiro atoms. The summed E-state index contributed by atoms with van der Waals surface area (Å²) >= 11 is 0. The van der Waals surface area contributed by atoms with Gasteiger partial charge in [-0.05, 0) is 19.1 Å². The second-order valence-electron chi connectivity index (χ2n) is 3.94. The van der Waals surface area contributed by atoms with Gasteiger partial charge in [0.15, 0.2) is 0 Å². The summed E-state index contributed by atoms with van der Waals surface area (Å²) < 4.78 is 30.9. The minimum atomic E-state index is -3.64. The quantitative estimate of drug-likeness (QED) is 0.802. The average molecular weight is 255 g/mol. The molecule has 1 heterocycles. The zero-order valence-corrected chi connectivity index (χ0v) is 10.2. The van der Waals surface area contributed by atoms with Crippen LogP contribution in [-0.2, 0) is 19.6 Å². The number of esters is 1. The van der Waals surface area contributed by atoms with Gasteiger partial charge < -0.3 is 4.74 Å². The summed E-state index contributed by atoms with van der Waals surface area (Å²) in [6.45, 7) is 2.14. The lowest BCUT2D eigenvalue weighted by molar-refractivity contribution is -0.139. The molecule has 1 aliphatic rings. The molecule has 0 aromatic heterocycles. The number of hydrogen-bond acceptors (Lipinski definition) is 4. The summed E-state index contributed by atoms with van der Waals surface area (Å²) in [4.78, 5) is 11.3. The summed E-state index contributed by atoms with van der Waals surface area (Å²) in [5.41, 5.74) is 0.976. The number of hydrogen-bond donors (Lipinski definition) is 1. The predicted octanol–water partition coefficient (Wildman–Crippen LogP) is 0.589. The van der Waals surface area contributed by atoms with Gasteiger partial charge in [-0.1, -0.05) is 17.7 Å². The Morgan fingerprint density at radius 1 is 1.29 bits per heavy atom. The molecule has 5 nitrogen and oxygen atoms in total. The molecule has 0 aliphatic carbocycles. The van der Waals surface area contributed by atoms with Crippen molar-refractivity contribution in [2.45, 2.75) is 24.3 Å². The number of rotatable bonds is 3. The number of cyclic esters (lactones) is 1. The monoisotopic (exact) mass is 255 g/mol. The van der Waals surface area contributed by atoms with E-state index in [-0.39, 0.29) is 11.5 Å². The van der Waals surface area contributed by atoms with Crippen LogP contribution < -0.4 is 4.72 Å². The van der Waals surface area contributed by atoms with E-state index in [0.29, 0.717) is 6.42 Å². The smallest absolute Gasteiger partial charge is 0.324 e. The van der Waals surface area contributed by atoms with Crippen LogP contribution in [0, 0.1) is 6.92 Å². The lowest BCUT2D eigenvalue weighted by atomic mass is 10.2. The Hall–Kier alpha value is -1.40. The predicted molar refractivity (Wildman–Crippen MR) is 60.9 cm³/mol. The van der Waals surface area contributed by atoms with Crippen molar-refractivity contribution in [2.75, 3.05) is 6.61 Å². The van der Waals surface area contributed by atoms with Gasteiger partial charge in [0.2, 0.25) is 10.0 Å². The van der Waals surface area contributed by atoms with E-state index in [1.165, 1.54) is 12.1 Å². The highest BCUT2D eigenvalue weighted by Crippen LogP contribution is 2.13. The zero-order chi connectivity index (χ0) is 12.5. The van der Waals surface area contributed by atoms with Crippen molar-refractivity contribution in [2.24, 2.45) is 0 Å². The summed E-state index contributed by atoms with van der Waals surface area (Å²) in [5, 5.41) is 0. The largest absolute Gasteiger partial charge is 0.464 e. The topological polar surface area (TPSA) is 72.5 Å². The van der Waals surface area contributed by atoms with E-state index in [4.69, 9.17) is 4.74 Å². The summed E-state index contributed by atoms with van der Waals surface area (Å²) in [5.74, 6) is -0.513. The minimum absolute atomic E-state index is 0.155. The third kappa shape index (κ3) is 2.65. The first kappa shape index (κ1) is 12.1. The molecule has 0 amide bonds. The van der Waals surface area contributed by atoms with Crippen molar-refractivity contribution in [3.63, 3.8) is 0 Å². The lowest BCUT2D eigenvalue weighted by Crippen LogP contribution is -2.37. The van der Waals surface area contributed by atoms with Crippen LogP contribution in [0.4, 0.5) is 0 Å². The van der Waals surface area contributed by atoms with E-state index in [1.54, 1.807) is 12.1 Å². The van der Waals surface area contributed by atoms with Gasteiger partial charge in [-0.2, -0.15) is 4.72 Å². The molecular weight excluding hydrogens is 242 g/mol. The Balaban J connectivity index is 2.19. The molecule has 0 radical (unpaired) electrons. The van der Waals surface area contributed by atoms with E-state index >= 15 is 0 Å². The van der Waals surface area contributed by atoms with Crippen LogP contribution in [0.2, 0.25) is 0 Å². The molecule has 1 aliphatic heterocycles. The molecule has 0 bridgehead atoms. The molecule has 6 heteroatoms. The van der Waals surface area contributed by atoms with Gasteiger partial charge in [0, 0.05) is 6.42 Å². The first-order valence-electron chi connectivity index (χ1n) is 5.25. The van der Waals surface area contributed by atoms with Gasteiger partial charge in [-0.3, -0.25) is 4.79 Å². The standard InChI is InChI=1S/C11H13NO4S/c1-8-2-4-9(5-3-8)17(14,15)12-10-6-7-16-11(10)13/h2-5,10,12H,6-7H2,1H3/t10-/m0/s1. The number of aryl methyl sites for hydroxylation is 1. The fraction of sp³-hybridized carbons (Fsp3) is 0.364. The van der Waals surface area contributed by atoms with Crippen LogP contribution in [-0.4, -0.2) is 27.0 Å². The van der Waals surface area contributed by atoms with Crippen molar-refractivity contribution >= 4 is 16.0 Å². The van der Waals surface area contributed by atoms with Gasteiger partial charge in [0.25, 0.3) is 0 Å². The molecule has 17 heavy (non-hydrogen) atoms. The number of sulfonamides is 1. The van der Waals surface area contributed by atoms with Crippen molar-refractivity contribution in [1.29, 1.82) is 0 Å². The van der Waals surface area contributed by atoms with E-state index in [1.807, 2.05) is 6.92 Å². The first-order chi connectivity index (χ1) is 7.99. The van der Waals surface area contributed by atoms with Gasteiger partial charge in [-0.15, -0.1) is 0 Å². The number of nitrogens with one attached hydrogen (secondary N) is 1. The fourth-order valence-electron chi connectivity index (χ4n) is 1.58. The van der Waals surface area contributed by atoms with Crippen LogP contribution in [0.15, 0.2) is 29.2 Å². The molecule has 0 saturated carbocycles. The van der Waals surface area contributed by atoms with Crippen molar-refractivity contribution in [3.05, 3.63) is 29.8 Å². The van der Waals surface area contributed by atoms with Crippen LogP contribution in [0.5, 0.6) is 0 Å². The third-order valence-electron chi connectivity index (χ3n) is 2.56. The second-order valence-corrected chi connectivity index (χ2v) is 5.66. The maximum absolute atomic E-state index is 11.9. The highest BCUT2D eigenvalue weighted by atomic mass is 32.2. The zero-order valence-electron chi connectivity index (χ0n) is 9.34. The van der Waals surface area contributed by atoms with E-state index < -0.39 is 22.0 Å². The Bertz CT molecular complexity index is 521. The molecule has 1 aromatic carbocycles. The number of carbonyl (C=O) groups is 1. The summed E-state index contributed by atoms with van der Waals surface area (Å²) in [6, 6.07) is 5.68. The minimum Gasteiger partial charge on any atom is -0.464 e. The molecule has 1 fully saturated rings. The maximum atomic E-state index is 11.9. The highest BCUT2D eigenvalue weighted by molar-refractivity contribution is 7.89.